The molecule has 0 N–H and O–H groups in total. The Kier molecular flexibility index (Phi) is 4.23. The van der Waals surface area contributed by atoms with E-state index in [1.807, 2.05) is 17.8 Å². The van der Waals surface area contributed by atoms with Gasteiger partial charge in [-0.25, -0.2) is 0 Å². The Morgan fingerprint density at radius 1 is 1.39 bits per heavy atom. The van der Waals surface area contributed by atoms with Gasteiger partial charge < -0.3 is 0 Å². The van der Waals surface area contributed by atoms with Crippen LogP contribution in [0.15, 0.2) is 28.7 Å². The van der Waals surface area contributed by atoms with Crippen molar-refractivity contribution in [3.8, 4) is 0 Å². The summed E-state index contributed by atoms with van der Waals surface area (Å²) in [4.78, 5) is 0. The van der Waals surface area contributed by atoms with Crippen LogP contribution in [0.1, 0.15) is 38.8 Å². The zero-order valence-corrected chi connectivity index (χ0v) is 12.8. The molecule has 0 radical (unpaired) electrons. The summed E-state index contributed by atoms with van der Waals surface area (Å²) >= 11 is 3.58. The number of fused-ring (bicyclic) bond motifs is 1. The van der Waals surface area contributed by atoms with Gasteiger partial charge in [0.05, 0.1) is 5.69 Å². The maximum atomic E-state index is 4.63. The molecule has 0 aliphatic heterocycles. The van der Waals surface area contributed by atoms with Crippen LogP contribution in [0.5, 0.6) is 0 Å². The van der Waals surface area contributed by atoms with E-state index in [0.29, 0.717) is 0 Å². The molecule has 96 valence electrons. The van der Waals surface area contributed by atoms with Crippen LogP contribution in [0.3, 0.4) is 0 Å². The molecule has 1 aromatic carbocycles. The van der Waals surface area contributed by atoms with Crippen molar-refractivity contribution in [2.45, 2.75) is 33.1 Å². The molecule has 0 aliphatic rings. The molecule has 1 aromatic heterocycles. The smallest absolute Gasteiger partial charge is 0.107 e. The quantitative estimate of drug-likeness (QED) is 0.783. The van der Waals surface area contributed by atoms with Gasteiger partial charge in [0.1, 0.15) is 5.52 Å². The van der Waals surface area contributed by atoms with Crippen LogP contribution < -0.4 is 0 Å². The molecule has 0 aliphatic carbocycles. The molecule has 1 heterocycles. The summed E-state index contributed by atoms with van der Waals surface area (Å²) in [5.74, 6) is 0. The van der Waals surface area contributed by atoms with Gasteiger partial charge in [0.15, 0.2) is 0 Å². The summed E-state index contributed by atoms with van der Waals surface area (Å²) in [5, 5.41) is 5.86. The lowest BCUT2D eigenvalue weighted by atomic mass is 10.0. The highest BCUT2D eigenvalue weighted by Crippen LogP contribution is 2.31. The topological polar surface area (TPSA) is 17.8 Å². The van der Waals surface area contributed by atoms with Gasteiger partial charge in [-0.05, 0) is 40.4 Å². The number of aryl methyl sites for hydroxylation is 1. The maximum Gasteiger partial charge on any atom is 0.107 e. The molecule has 0 atom stereocenters. The van der Waals surface area contributed by atoms with Crippen LogP contribution in [0.2, 0.25) is 0 Å². The fraction of sp³-hybridized carbons (Fsp3) is 0.400. The Balaban J connectivity index is 2.66. The third-order valence-corrected chi connectivity index (χ3v) is 3.73. The number of halogens is 1. The molecule has 0 fully saturated rings. The van der Waals surface area contributed by atoms with Crippen LogP contribution in [0, 0.1) is 0 Å². The Morgan fingerprint density at radius 3 is 2.83 bits per heavy atom. The highest BCUT2D eigenvalue weighted by atomic mass is 79.9. The SMILES string of the molecule is CCC=C(CCC)c1c2cccc(Br)c2nn1C. The zero-order chi connectivity index (χ0) is 13.1. The summed E-state index contributed by atoms with van der Waals surface area (Å²) in [6, 6.07) is 6.27. The van der Waals surface area contributed by atoms with Crippen LogP contribution in [0.4, 0.5) is 0 Å². The Hall–Kier alpha value is -1.09. The minimum atomic E-state index is 1.05. The molecular weight excluding hydrogens is 288 g/mol. The second kappa shape index (κ2) is 5.70. The molecule has 0 amide bonds. The Labute approximate surface area is 117 Å². The lowest BCUT2D eigenvalue weighted by Gasteiger charge is -2.07. The van der Waals surface area contributed by atoms with E-state index >= 15 is 0 Å². The third kappa shape index (κ3) is 2.37. The number of nitrogens with zero attached hydrogens (tertiary/aromatic N) is 2. The van der Waals surface area contributed by atoms with Gasteiger partial charge >= 0.3 is 0 Å². The largest absolute Gasteiger partial charge is 0.267 e. The van der Waals surface area contributed by atoms with Crippen molar-refractivity contribution in [1.82, 2.24) is 9.78 Å². The van der Waals surface area contributed by atoms with Crippen LogP contribution in [0.25, 0.3) is 16.5 Å². The van der Waals surface area contributed by atoms with Gasteiger partial charge in [0.2, 0.25) is 0 Å². The van der Waals surface area contributed by atoms with E-state index in [-0.39, 0.29) is 0 Å². The van der Waals surface area contributed by atoms with Gasteiger partial charge in [0, 0.05) is 16.9 Å². The number of hydrogen-bond donors (Lipinski definition) is 0. The molecule has 2 rings (SSSR count). The van der Waals surface area contributed by atoms with Crippen molar-refractivity contribution in [3.05, 3.63) is 34.4 Å². The standard InChI is InChI=1S/C15H19BrN2/c1-4-7-11(8-5-2)15-12-9-6-10-13(16)14(12)17-18(15)3/h6-7,9-10H,4-5,8H2,1-3H3. The summed E-state index contributed by atoms with van der Waals surface area (Å²) in [6.45, 7) is 4.40. The van der Waals surface area contributed by atoms with E-state index in [0.717, 1.165) is 29.3 Å². The molecule has 0 unspecified atom stereocenters. The lowest BCUT2D eigenvalue weighted by Crippen LogP contribution is -1.98. The molecular formula is C15H19BrN2. The first-order valence-corrected chi connectivity index (χ1v) is 7.29. The summed E-state index contributed by atoms with van der Waals surface area (Å²) in [5.41, 5.74) is 3.71. The fourth-order valence-electron chi connectivity index (χ4n) is 2.40. The van der Waals surface area contributed by atoms with E-state index in [2.05, 4.69) is 53.1 Å². The summed E-state index contributed by atoms with van der Waals surface area (Å²) in [7, 11) is 2.03. The molecule has 0 spiro atoms. The van der Waals surface area contributed by atoms with Gasteiger partial charge in [-0.3, -0.25) is 4.68 Å². The first-order chi connectivity index (χ1) is 8.69. The first kappa shape index (κ1) is 13.3. The predicted molar refractivity (Wildman–Crippen MR) is 81.6 cm³/mol. The average Bonchev–Trinajstić information content (AvgIpc) is 2.67. The second-order valence-corrected chi connectivity index (χ2v) is 5.35. The maximum absolute atomic E-state index is 4.63. The van der Waals surface area contributed by atoms with Crippen molar-refractivity contribution in [2.24, 2.45) is 7.05 Å². The molecule has 2 aromatic rings. The number of allylic oxidation sites excluding steroid dienone is 2. The minimum absolute atomic E-state index is 1.05. The van der Waals surface area contributed by atoms with Crippen molar-refractivity contribution in [2.75, 3.05) is 0 Å². The molecule has 18 heavy (non-hydrogen) atoms. The molecule has 2 nitrogen and oxygen atoms in total. The van der Waals surface area contributed by atoms with Crippen LogP contribution >= 0.6 is 15.9 Å². The van der Waals surface area contributed by atoms with E-state index in [4.69, 9.17) is 0 Å². The molecule has 0 bridgehead atoms. The predicted octanol–water partition coefficient (Wildman–Crippen LogP) is 4.93. The number of rotatable bonds is 4. The van der Waals surface area contributed by atoms with Gasteiger partial charge in [-0.15, -0.1) is 0 Å². The average molecular weight is 307 g/mol. The number of aromatic nitrogens is 2. The zero-order valence-electron chi connectivity index (χ0n) is 11.2. The normalized spacial score (nSPS) is 12.3. The molecule has 3 heteroatoms. The number of hydrogen-bond acceptors (Lipinski definition) is 1. The summed E-state index contributed by atoms with van der Waals surface area (Å²) < 4.78 is 3.07. The van der Waals surface area contributed by atoms with Crippen LogP contribution in [-0.2, 0) is 7.05 Å². The molecule has 0 saturated carbocycles. The second-order valence-electron chi connectivity index (χ2n) is 4.50. The Bertz CT molecular complexity index is 581. The van der Waals surface area contributed by atoms with Crippen molar-refractivity contribution in [1.29, 1.82) is 0 Å². The van der Waals surface area contributed by atoms with Crippen molar-refractivity contribution in [3.63, 3.8) is 0 Å². The summed E-state index contributed by atoms with van der Waals surface area (Å²) in [6.07, 6.45) is 5.65. The van der Waals surface area contributed by atoms with Crippen LogP contribution in [-0.4, -0.2) is 9.78 Å². The minimum Gasteiger partial charge on any atom is -0.267 e. The van der Waals surface area contributed by atoms with Crippen molar-refractivity contribution >= 4 is 32.4 Å². The van der Waals surface area contributed by atoms with Gasteiger partial charge in [0.25, 0.3) is 0 Å². The monoisotopic (exact) mass is 306 g/mol. The highest BCUT2D eigenvalue weighted by molar-refractivity contribution is 9.10. The van der Waals surface area contributed by atoms with Gasteiger partial charge in [-0.1, -0.05) is 38.5 Å². The van der Waals surface area contributed by atoms with E-state index < -0.39 is 0 Å². The lowest BCUT2D eigenvalue weighted by molar-refractivity contribution is 0.760. The fourth-order valence-corrected chi connectivity index (χ4v) is 2.84. The number of benzene rings is 1. The third-order valence-electron chi connectivity index (χ3n) is 3.09. The highest BCUT2D eigenvalue weighted by Gasteiger charge is 2.13. The van der Waals surface area contributed by atoms with Gasteiger partial charge in [-0.2, -0.15) is 5.10 Å². The molecule has 0 saturated heterocycles. The van der Waals surface area contributed by atoms with E-state index in [1.165, 1.54) is 16.7 Å². The van der Waals surface area contributed by atoms with E-state index in [9.17, 15) is 0 Å². The van der Waals surface area contributed by atoms with Crippen molar-refractivity contribution < 1.29 is 0 Å². The van der Waals surface area contributed by atoms with E-state index in [1.54, 1.807) is 0 Å². The Morgan fingerprint density at radius 2 is 2.17 bits per heavy atom. The first-order valence-electron chi connectivity index (χ1n) is 6.49.